The normalized spacial score (nSPS) is 19.8. The number of hydrogen-bond acceptors (Lipinski definition) is 3. The highest BCUT2D eigenvalue weighted by Crippen LogP contribution is 2.44. The molecule has 3 rings (SSSR count). The predicted octanol–water partition coefficient (Wildman–Crippen LogP) is 4.21. The number of carbonyl (C=O) groups is 2. The van der Waals surface area contributed by atoms with Crippen LogP contribution in [0.4, 0.5) is 0 Å². The molecule has 0 spiro atoms. The summed E-state index contributed by atoms with van der Waals surface area (Å²) in [5, 5.41) is 5.07. The molecule has 2 aromatic rings. The lowest BCUT2D eigenvalue weighted by molar-refractivity contribution is -0.124. The van der Waals surface area contributed by atoms with Crippen molar-refractivity contribution in [2.75, 3.05) is 6.54 Å². The SMILES string of the molecule is CC(C)CN1C(=O)c2ccccc2[C@H](C(=O)NC(C)C)[C@@H]1c1cccs1. The average Bonchev–Trinajstić information content (AvgIpc) is 3.10. The molecule has 4 nitrogen and oxygen atoms in total. The monoisotopic (exact) mass is 370 g/mol. The number of amides is 2. The molecule has 1 N–H and O–H groups in total. The second kappa shape index (κ2) is 7.62. The largest absolute Gasteiger partial charge is 0.353 e. The van der Waals surface area contributed by atoms with Crippen molar-refractivity contribution in [2.24, 2.45) is 5.92 Å². The minimum atomic E-state index is -0.399. The Bertz CT molecular complexity index is 783. The van der Waals surface area contributed by atoms with E-state index in [-0.39, 0.29) is 23.9 Å². The van der Waals surface area contributed by atoms with Crippen molar-refractivity contribution in [1.29, 1.82) is 0 Å². The molecule has 1 aromatic carbocycles. The fraction of sp³-hybridized carbons (Fsp3) is 0.429. The Balaban J connectivity index is 2.16. The molecule has 26 heavy (non-hydrogen) atoms. The van der Waals surface area contributed by atoms with Gasteiger partial charge in [-0.25, -0.2) is 0 Å². The second-order valence-electron chi connectivity index (χ2n) is 7.54. The van der Waals surface area contributed by atoms with E-state index in [1.54, 1.807) is 11.3 Å². The van der Waals surface area contributed by atoms with Crippen LogP contribution in [0.5, 0.6) is 0 Å². The van der Waals surface area contributed by atoms with Crippen molar-refractivity contribution in [3.8, 4) is 0 Å². The van der Waals surface area contributed by atoms with Gasteiger partial charge in [-0.3, -0.25) is 9.59 Å². The van der Waals surface area contributed by atoms with Gasteiger partial charge in [-0.1, -0.05) is 38.1 Å². The lowest BCUT2D eigenvalue weighted by Crippen LogP contribution is -2.49. The van der Waals surface area contributed by atoms with Gasteiger partial charge in [0.25, 0.3) is 5.91 Å². The molecule has 2 atom stereocenters. The maximum atomic E-state index is 13.2. The van der Waals surface area contributed by atoms with Gasteiger partial charge in [0.05, 0.1) is 12.0 Å². The van der Waals surface area contributed by atoms with Crippen LogP contribution in [0.2, 0.25) is 0 Å². The number of benzene rings is 1. The quantitative estimate of drug-likeness (QED) is 0.857. The molecule has 0 saturated heterocycles. The van der Waals surface area contributed by atoms with E-state index in [2.05, 4.69) is 19.2 Å². The first-order valence-corrected chi connectivity index (χ1v) is 10.0. The molecule has 0 radical (unpaired) electrons. The summed E-state index contributed by atoms with van der Waals surface area (Å²) in [4.78, 5) is 29.4. The molecule has 138 valence electrons. The Labute approximate surface area is 159 Å². The third-order valence-electron chi connectivity index (χ3n) is 4.55. The van der Waals surface area contributed by atoms with Crippen LogP contribution in [0.15, 0.2) is 41.8 Å². The van der Waals surface area contributed by atoms with Gasteiger partial charge < -0.3 is 10.2 Å². The maximum absolute atomic E-state index is 13.2. The topological polar surface area (TPSA) is 49.4 Å². The smallest absolute Gasteiger partial charge is 0.254 e. The Morgan fingerprint density at radius 3 is 2.50 bits per heavy atom. The second-order valence-corrected chi connectivity index (χ2v) is 8.52. The fourth-order valence-corrected chi connectivity index (χ4v) is 4.49. The van der Waals surface area contributed by atoms with Crippen molar-refractivity contribution in [3.63, 3.8) is 0 Å². The van der Waals surface area contributed by atoms with Crippen LogP contribution >= 0.6 is 11.3 Å². The number of carbonyl (C=O) groups excluding carboxylic acids is 2. The first kappa shape index (κ1) is 18.6. The lowest BCUT2D eigenvalue weighted by atomic mass is 9.81. The standard InChI is InChI=1S/C21H26N2O2S/c1-13(2)12-23-19(17-10-7-11-26-17)18(20(24)22-14(3)4)15-8-5-6-9-16(15)21(23)25/h5-11,13-14,18-19H,12H2,1-4H3,(H,22,24)/t18-,19-/m0/s1. The number of thiophene rings is 1. The molecule has 0 bridgehead atoms. The molecular weight excluding hydrogens is 344 g/mol. The third-order valence-corrected chi connectivity index (χ3v) is 5.49. The van der Waals surface area contributed by atoms with Crippen LogP contribution in [0.25, 0.3) is 0 Å². The summed E-state index contributed by atoms with van der Waals surface area (Å²) in [6.07, 6.45) is 0. The number of nitrogens with one attached hydrogen (secondary N) is 1. The van der Waals surface area contributed by atoms with Gasteiger partial charge in [-0.2, -0.15) is 0 Å². The number of rotatable bonds is 5. The van der Waals surface area contributed by atoms with E-state index in [4.69, 9.17) is 0 Å². The van der Waals surface area contributed by atoms with E-state index in [0.717, 1.165) is 10.4 Å². The van der Waals surface area contributed by atoms with E-state index >= 15 is 0 Å². The van der Waals surface area contributed by atoms with E-state index in [1.165, 1.54) is 0 Å². The third kappa shape index (κ3) is 3.54. The highest BCUT2D eigenvalue weighted by atomic mass is 32.1. The Morgan fingerprint density at radius 1 is 1.15 bits per heavy atom. The van der Waals surface area contributed by atoms with Gasteiger partial charge in [0, 0.05) is 23.0 Å². The molecule has 1 aliphatic heterocycles. The molecule has 2 heterocycles. The Morgan fingerprint density at radius 2 is 1.88 bits per heavy atom. The predicted molar refractivity (Wildman–Crippen MR) is 105 cm³/mol. The van der Waals surface area contributed by atoms with Crippen LogP contribution in [0.1, 0.15) is 60.5 Å². The van der Waals surface area contributed by atoms with Crippen molar-refractivity contribution in [2.45, 2.75) is 45.7 Å². The van der Waals surface area contributed by atoms with Crippen LogP contribution in [0, 0.1) is 5.92 Å². The highest BCUT2D eigenvalue weighted by Gasteiger charge is 2.44. The number of nitrogens with zero attached hydrogens (tertiary/aromatic N) is 1. The summed E-state index contributed by atoms with van der Waals surface area (Å²) in [6, 6.07) is 11.3. The molecule has 0 fully saturated rings. The minimum Gasteiger partial charge on any atom is -0.353 e. The summed E-state index contributed by atoms with van der Waals surface area (Å²) in [5.41, 5.74) is 1.47. The Kier molecular flexibility index (Phi) is 5.47. The molecular formula is C21H26N2O2S. The zero-order valence-corrected chi connectivity index (χ0v) is 16.5. The molecule has 0 saturated carbocycles. The minimum absolute atomic E-state index is 0.0151. The molecule has 2 amide bonds. The Hall–Kier alpha value is -2.14. The van der Waals surface area contributed by atoms with E-state index in [9.17, 15) is 9.59 Å². The average molecular weight is 371 g/mol. The van der Waals surface area contributed by atoms with Crippen LogP contribution in [-0.2, 0) is 4.79 Å². The van der Waals surface area contributed by atoms with Gasteiger partial charge in [0.15, 0.2) is 0 Å². The molecule has 0 aliphatic carbocycles. The summed E-state index contributed by atoms with van der Waals surface area (Å²) in [7, 11) is 0. The van der Waals surface area contributed by atoms with Crippen molar-refractivity contribution >= 4 is 23.2 Å². The van der Waals surface area contributed by atoms with Gasteiger partial charge in [-0.15, -0.1) is 11.3 Å². The lowest BCUT2D eigenvalue weighted by Gasteiger charge is -2.42. The van der Waals surface area contributed by atoms with Gasteiger partial charge in [0.1, 0.15) is 0 Å². The first-order valence-electron chi connectivity index (χ1n) is 9.13. The van der Waals surface area contributed by atoms with Crippen molar-refractivity contribution in [1.82, 2.24) is 10.2 Å². The zero-order valence-electron chi connectivity index (χ0n) is 15.7. The summed E-state index contributed by atoms with van der Waals surface area (Å²) in [5.74, 6) is -0.0856. The van der Waals surface area contributed by atoms with Gasteiger partial charge in [-0.05, 0) is 42.8 Å². The van der Waals surface area contributed by atoms with E-state index in [0.29, 0.717) is 18.0 Å². The molecule has 0 unspecified atom stereocenters. The van der Waals surface area contributed by atoms with Gasteiger partial charge >= 0.3 is 0 Å². The molecule has 5 heteroatoms. The zero-order chi connectivity index (χ0) is 18.8. The van der Waals surface area contributed by atoms with Crippen LogP contribution in [-0.4, -0.2) is 29.3 Å². The highest BCUT2D eigenvalue weighted by molar-refractivity contribution is 7.10. The summed E-state index contributed by atoms with van der Waals surface area (Å²) in [6.45, 7) is 8.75. The van der Waals surface area contributed by atoms with E-state index in [1.807, 2.05) is 60.5 Å². The first-order chi connectivity index (χ1) is 12.4. The molecule has 1 aromatic heterocycles. The van der Waals surface area contributed by atoms with Crippen molar-refractivity contribution < 1.29 is 9.59 Å². The fourth-order valence-electron chi connectivity index (χ4n) is 3.62. The maximum Gasteiger partial charge on any atom is 0.254 e. The van der Waals surface area contributed by atoms with Crippen LogP contribution < -0.4 is 5.32 Å². The van der Waals surface area contributed by atoms with Crippen LogP contribution in [0.3, 0.4) is 0 Å². The summed E-state index contributed by atoms with van der Waals surface area (Å²) < 4.78 is 0. The summed E-state index contributed by atoms with van der Waals surface area (Å²) >= 11 is 1.60. The van der Waals surface area contributed by atoms with E-state index < -0.39 is 5.92 Å². The van der Waals surface area contributed by atoms with Gasteiger partial charge in [0.2, 0.25) is 5.91 Å². The number of hydrogen-bond donors (Lipinski definition) is 1. The number of fused-ring (bicyclic) bond motifs is 1. The van der Waals surface area contributed by atoms with Crippen molar-refractivity contribution in [3.05, 3.63) is 57.8 Å². The molecule has 1 aliphatic rings.